The van der Waals surface area contributed by atoms with Crippen molar-refractivity contribution in [2.45, 2.75) is 45.6 Å². The van der Waals surface area contributed by atoms with E-state index < -0.39 is 5.97 Å². The average molecular weight is 242 g/mol. The van der Waals surface area contributed by atoms with Gasteiger partial charge in [0.2, 0.25) is 0 Å². The van der Waals surface area contributed by atoms with Crippen LogP contribution in [0.25, 0.3) is 0 Å². The fraction of sp³-hybridized carbons (Fsp3) is 0.833. The molecule has 0 aromatic carbocycles. The van der Waals surface area contributed by atoms with Crippen LogP contribution in [0.4, 0.5) is 4.79 Å². The Labute approximate surface area is 102 Å². The molecule has 0 spiro atoms. The van der Waals surface area contributed by atoms with Gasteiger partial charge in [-0.1, -0.05) is 6.92 Å². The summed E-state index contributed by atoms with van der Waals surface area (Å²) in [5.74, 6) is -0.138. The van der Waals surface area contributed by atoms with E-state index in [0.29, 0.717) is 18.9 Å². The van der Waals surface area contributed by atoms with E-state index in [0.717, 1.165) is 19.4 Å². The van der Waals surface area contributed by atoms with Crippen molar-refractivity contribution in [2.24, 2.45) is 5.92 Å². The van der Waals surface area contributed by atoms with Crippen molar-refractivity contribution in [1.29, 1.82) is 0 Å². The minimum Gasteiger partial charge on any atom is -0.481 e. The summed E-state index contributed by atoms with van der Waals surface area (Å²) < 4.78 is 0. The second kappa shape index (κ2) is 6.47. The average Bonchev–Trinajstić information content (AvgIpc) is 2.23. The van der Waals surface area contributed by atoms with E-state index in [4.69, 9.17) is 5.11 Å². The van der Waals surface area contributed by atoms with Crippen molar-refractivity contribution in [3.05, 3.63) is 0 Å². The number of hydrogen-bond acceptors (Lipinski definition) is 2. The molecule has 0 aromatic heterocycles. The van der Waals surface area contributed by atoms with Crippen molar-refractivity contribution in [3.8, 4) is 0 Å². The summed E-state index contributed by atoms with van der Waals surface area (Å²) in [7, 11) is 0. The van der Waals surface area contributed by atoms with Crippen LogP contribution >= 0.6 is 0 Å². The summed E-state index contributed by atoms with van der Waals surface area (Å²) in [5, 5.41) is 11.3. The Bertz CT molecular complexity index is 281. The van der Waals surface area contributed by atoms with Crippen molar-refractivity contribution in [2.75, 3.05) is 13.1 Å². The molecule has 1 rings (SSSR count). The lowest BCUT2D eigenvalue weighted by molar-refractivity contribution is -0.137. The topological polar surface area (TPSA) is 69.6 Å². The van der Waals surface area contributed by atoms with Crippen molar-refractivity contribution >= 4 is 12.0 Å². The van der Waals surface area contributed by atoms with Crippen molar-refractivity contribution < 1.29 is 14.7 Å². The summed E-state index contributed by atoms with van der Waals surface area (Å²) in [6, 6.07) is 0.216. The molecule has 1 aliphatic rings. The SMILES string of the molecule is CC1CCN(C(=O)NCCCC(=O)O)C(C)C1. The van der Waals surface area contributed by atoms with Crippen LogP contribution in [0.15, 0.2) is 0 Å². The zero-order valence-electron chi connectivity index (χ0n) is 10.6. The second-order valence-corrected chi connectivity index (χ2v) is 4.90. The van der Waals surface area contributed by atoms with Gasteiger partial charge >= 0.3 is 12.0 Å². The first-order chi connectivity index (χ1) is 8.00. The summed E-state index contributed by atoms with van der Waals surface area (Å²) in [5.41, 5.74) is 0. The Balaban J connectivity index is 2.25. The molecule has 1 saturated heterocycles. The second-order valence-electron chi connectivity index (χ2n) is 4.90. The number of hydrogen-bond donors (Lipinski definition) is 2. The number of aliphatic carboxylic acids is 1. The molecular formula is C12H22N2O3. The third-order valence-corrected chi connectivity index (χ3v) is 3.24. The Morgan fingerprint density at radius 3 is 2.71 bits per heavy atom. The highest BCUT2D eigenvalue weighted by Gasteiger charge is 2.26. The van der Waals surface area contributed by atoms with E-state index in [9.17, 15) is 9.59 Å². The number of carboxylic acid groups (broad SMARTS) is 1. The molecule has 0 radical (unpaired) electrons. The Hall–Kier alpha value is -1.26. The predicted octanol–water partition coefficient (Wildman–Crippen LogP) is 1.68. The first kappa shape index (κ1) is 13.8. The Kier molecular flexibility index (Phi) is 5.25. The fourth-order valence-corrected chi connectivity index (χ4v) is 2.25. The van der Waals surface area contributed by atoms with Crippen LogP contribution in [-0.2, 0) is 4.79 Å². The van der Waals surface area contributed by atoms with Gasteiger partial charge in [-0.25, -0.2) is 4.79 Å². The van der Waals surface area contributed by atoms with Gasteiger partial charge in [0.05, 0.1) is 0 Å². The smallest absolute Gasteiger partial charge is 0.317 e. The highest BCUT2D eigenvalue weighted by molar-refractivity contribution is 5.74. The van der Waals surface area contributed by atoms with Gasteiger partial charge in [0, 0.05) is 25.6 Å². The number of rotatable bonds is 4. The van der Waals surface area contributed by atoms with Gasteiger partial charge in [-0.15, -0.1) is 0 Å². The number of carbonyl (C=O) groups is 2. The minimum atomic E-state index is -0.820. The lowest BCUT2D eigenvalue weighted by atomic mass is 9.94. The highest BCUT2D eigenvalue weighted by Crippen LogP contribution is 2.21. The number of likely N-dealkylation sites (tertiary alicyclic amines) is 1. The summed E-state index contributed by atoms with van der Waals surface area (Å²) in [4.78, 5) is 24.0. The first-order valence-electron chi connectivity index (χ1n) is 6.27. The number of piperidine rings is 1. The zero-order valence-corrected chi connectivity index (χ0v) is 10.6. The molecule has 0 bridgehead atoms. The monoisotopic (exact) mass is 242 g/mol. The van der Waals surface area contributed by atoms with E-state index in [-0.39, 0.29) is 18.5 Å². The predicted molar refractivity (Wildman–Crippen MR) is 64.8 cm³/mol. The van der Waals surface area contributed by atoms with Gasteiger partial charge in [0.25, 0.3) is 0 Å². The van der Waals surface area contributed by atoms with Crippen LogP contribution in [0.3, 0.4) is 0 Å². The molecule has 0 aromatic rings. The molecule has 5 heteroatoms. The summed E-state index contributed by atoms with van der Waals surface area (Å²) in [6.45, 7) is 5.50. The number of carboxylic acids is 1. The highest BCUT2D eigenvalue weighted by atomic mass is 16.4. The molecule has 98 valence electrons. The molecule has 0 aliphatic carbocycles. The van der Waals surface area contributed by atoms with Gasteiger partial charge in [-0.05, 0) is 32.1 Å². The molecule has 17 heavy (non-hydrogen) atoms. The van der Waals surface area contributed by atoms with Gasteiger partial charge in [0.1, 0.15) is 0 Å². The van der Waals surface area contributed by atoms with Crippen LogP contribution in [0.5, 0.6) is 0 Å². The zero-order chi connectivity index (χ0) is 12.8. The molecule has 0 saturated carbocycles. The normalized spacial score (nSPS) is 24.5. The maximum absolute atomic E-state index is 11.8. The number of carbonyl (C=O) groups excluding carboxylic acids is 1. The van der Waals surface area contributed by atoms with Gasteiger partial charge in [-0.2, -0.15) is 0 Å². The van der Waals surface area contributed by atoms with Gasteiger partial charge < -0.3 is 15.3 Å². The van der Waals surface area contributed by atoms with Crippen molar-refractivity contribution in [3.63, 3.8) is 0 Å². The summed E-state index contributed by atoms with van der Waals surface area (Å²) in [6.07, 6.45) is 2.68. The molecule has 2 N–H and O–H groups in total. The third kappa shape index (κ3) is 4.63. The number of urea groups is 1. The quantitative estimate of drug-likeness (QED) is 0.737. The standard InChI is InChI=1S/C12H22N2O3/c1-9-5-7-14(10(2)8-9)12(17)13-6-3-4-11(15)16/h9-10H,3-8H2,1-2H3,(H,13,17)(H,15,16). The lowest BCUT2D eigenvalue weighted by Gasteiger charge is -2.36. The Morgan fingerprint density at radius 2 is 2.12 bits per heavy atom. The number of amides is 2. The molecule has 2 atom stereocenters. The molecule has 1 fully saturated rings. The van der Waals surface area contributed by atoms with E-state index in [1.807, 2.05) is 4.90 Å². The van der Waals surface area contributed by atoms with Gasteiger partial charge in [-0.3, -0.25) is 4.79 Å². The first-order valence-corrected chi connectivity index (χ1v) is 6.27. The maximum Gasteiger partial charge on any atom is 0.317 e. The van der Waals surface area contributed by atoms with Crippen LogP contribution in [0.2, 0.25) is 0 Å². The molecule has 2 amide bonds. The molecule has 1 heterocycles. The minimum absolute atomic E-state index is 0.0604. The van der Waals surface area contributed by atoms with E-state index in [2.05, 4.69) is 19.2 Å². The molecule has 1 aliphatic heterocycles. The molecule has 5 nitrogen and oxygen atoms in total. The van der Waals surface area contributed by atoms with Crippen LogP contribution in [0, 0.1) is 5.92 Å². The number of nitrogens with one attached hydrogen (secondary N) is 1. The summed E-state index contributed by atoms with van der Waals surface area (Å²) >= 11 is 0. The molecule has 2 unspecified atom stereocenters. The van der Waals surface area contributed by atoms with Crippen LogP contribution in [0.1, 0.15) is 39.5 Å². The lowest BCUT2D eigenvalue weighted by Crippen LogP contribution is -2.49. The van der Waals surface area contributed by atoms with E-state index >= 15 is 0 Å². The van der Waals surface area contributed by atoms with Gasteiger partial charge in [0.15, 0.2) is 0 Å². The fourth-order valence-electron chi connectivity index (χ4n) is 2.25. The molecular weight excluding hydrogens is 220 g/mol. The largest absolute Gasteiger partial charge is 0.481 e. The Morgan fingerprint density at radius 1 is 1.41 bits per heavy atom. The number of nitrogens with zero attached hydrogens (tertiary/aromatic N) is 1. The van der Waals surface area contributed by atoms with Crippen LogP contribution in [-0.4, -0.2) is 41.1 Å². The van der Waals surface area contributed by atoms with E-state index in [1.54, 1.807) is 0 Å². The van der Waals surface area contributed by atoms with Crippen LogP contribution < -0.4 is 5.32 Å². The van der Waals surface area contributed by atoms with E-state index in [1.165, 1.54) is 0 Å². The van der Waals surface area contributed by atoms with Crippen molar-refractivity contribution in [1.82, 2.24) is 10.2 Å². The third-order valence-electron chi connectivity index (χ3n) is 3.24. The maximum atomic E-state index is 11.8.